The van der Waals surface area contributed by atoms with Crippen molar-refractivity contribution in [2.45, 2.75) is 32.3 Å². The van der Waals surface area contributed by atoms with Crippen molar-refractivity contribution < 1.29 is 14.3 Å². The maximum absolute atomic E-state index is 12.2. The number of nitrogens with zero attached hydrogens (tertiary/aromatic N) is 2. The van der Waals surface area contributed by atoms with Crippen LogP contribution in [0.3, 0.4) is 0 Å². The van der Waals surface area contributed by atoms with Crippen LogP contribution in [-0.4, -0.2) is 28.2 Å². The number of alkyl carbamates (subject to hydrolysis) is 1. The number of amides is 1. The summed E-state index contributed by atoms with van der Waals surface area (Å²) in [6.07, 6.45) is 4.29. The van der Waals surface area contributed by atoms with Crippen LogP contribution in [0.1, 0.15) is 37.8 Å². The van der Waals surface area contributed by atoms with Gasteiger partial charge in [-0.2, -0.15) is 0 Å². The lowest BCUT2D eigenvalue weighted by atomic mass is 9.91. The quantitative estimate of drug-likeness (QED) is 0.501. The molecule has 1 N–H and O–H groups in total. The molecule has 0 fully saturated rings. The topological polar surface area (TPSA) is 73.3 Å². The molecule has 0 radical (unpaired) electrons. The molecule has 6 nitrogen and oxygen atoms in total. The van der Waals surface area contributed by atoms with Crippen molar-refractivity contribution >= 4 is 22.0 Å². The average Bonchev–Trinajstić information content (AvgIpc) is 2.70. The van der Waals surface area contributed by atoms with Crippen molar-refractivity contribution in [2.75, 3.05) is 6.54 Å². The van der Waals surface area contributed by atoms with Gasteiger partial charge < -0.3 is 14.8 Å². The molecule has 1 amide bonds. The van der Waals surface area contributed by atoms with Gasteiger partial charge in [0.25, 0.3) is 0 Å². The Morgan fingerprint density at radius 1 is 1.03 bits per heavy atom. The predicted octanol–water partition coefficient (Wildman–Crippen LogP) is 5.69. The van der Waals surface area contributed by atoms with Gasteiger partial charge in [0.15, 0.2) is 0 Å². The minimum absolute atomic E-state index is 0.0452. The van der Waals surface area contributed by atoms with Crippen LogP contribution >= 0.6 is 15.9 Å². The normalized spacial score (nSPS) is 12.1. The first kappa shape index (κ1) is 21.8. The second-order valence-electron chi connectivity index (χ2n) is 7.70. The molecule has 3 rings (SSSR count). The Morgan fingerprint density at radius 2 is 1.67 bits per heavy atom. The number of hydrogen-bond donors (Lipinski definition) is 1. The summed E-state index contributed by atoms with van der Waals surface area (Å²) in [6.45, 7) is 5.93. The molecule has 2 aromatic carbocycles. The fourth-order valence-corrected chi connectivity index (χ4v) is 3.11. The van der Waals surface area contributed by atoms with E-state index in [0.29, 0.717) is 18.2 Å². The number of aromatic nitrogens is 2. The van der Waals surface area contributed by atoms with Crippen molar-refractivity contribution in [3.8, 4) is 11.6 Å². The molecule has 0 saturated heterocycles. The van der Waals surface area contributed by atoms with Gasteiger partial charge in [-0.1, -0.05) is 40.2 Å². The van der Waals surface area contributed by atoms with Crippen molar-refractivity contribution in [3.63, 3.8) is 0 Å². The third kappa shape index (κ3) is 6.56. The van der Waals surface area contributed by atoms with E-state index < -0.39 is 11.7 Å². The van der Waals surface area contributed by atoms with Crippen LogP contribution in [0.25, 0.3) is 0 Å². The molecule has 0 spiro atoms. The summed E-state index contributed by atoms with van der Waals surface area (Å²) in [7, 11) is 0. The van der Waals surface area contributed by atoms with Crippen LogP contribution in [0, 0.1) is 0 Å². The van der Waals surface area contributed by atoms with E-state index in [0.717, 1.165) is 15.6 Å². The lowest BCUT2D eigenvalue weighted by Gasteiger charge is -2.23. The Labute approximate surface area is 184 Å². The van der Waals surface area contributed by atoms with E-state index in [1.807, 2.05) is 69.3 Å². The summed E-state index contributed by atoms with van der Waals surface area (Å²) in [6, 6.07) is 15.8. The number of carbonyl (C=O) groups excluding carboxylic acids is 1. The molecule has 1 heterocycles. The third-order valence-corrected chi connectivity index (χ3v) is 4.69. The van der Waals surface area contributed by atoms with Crippen LogP contribution in [0.5, 0.6) is 11.6 Å². The Balaban J connectivity index is 1.77. The average molecular weight is 470 g/mol. The molecule has 1 unspecified atom stereocenters. The molecule has 30 heavy (non-hydrogen) atoms. The number of ether oxygens (including phenoxy) is 2. The fourth-order valence-electron chi connectivity index (χ4n) is 2.85. The van der Waals surface area contributed by atoms with Gasteiger partial charge in [0.2, 0.25) is 5.88 Å². The molecule has 0 aliphatic rings. The fraction of sp³-hybridized carbons (Fsp3) is 0.261. The van der Waals surface area contributed by atoms with Gasteiger partial charge in [0, 0.05) is 29.3 Å². The molecule has 7 heteroatoms. The molecule has 1 aromatic heterocycles. The predicted molar refractivity (Wildman–Crippen MR) is 119 cm³/mol. The zero-order valence-electron chi connectivity index (χ0n) is 17.1. The van der Waals surface area contributed by atoms with Gasteiger partial charge in [-0.05, 0) is 56.2 Å². The molecule has 3 aromatic rings. The molecule has 156 valence electrons. The number of halogens is 1. The highest BCUT2D eigenvalue weighted by Crippen LogP contribution is 2.28. The highest BCUT2D eigenvalue weighted by atomic mass is 79.9. The van der Waals surface area contributed by atoms with Gasteiger partial charge in [-0.15, -0.1) is 0 Å². The highest BCUT2D eigenvalue weighted by Gasteiger charge is 2.19. The maximum Gasteiger partial charge on any atom is 0.407 e. The molecule has 0 aliphatic heterocycles. The second kappa shape index (κ2) is 9.71. The van der Waals surface area contributed by atoms with Crippen LogP contribution in [0.2, 0.25) is 0 Å². The summed E-state index contributed by atoms with van der Waals surface area (Å²) in [5.74, 6) is 1.05. The Morgan fingerprint density at radius 3 is 2.23 bits per heavy atom. The minimum atomic E-state index is -0.545. The number of benzene rings is 2. The van der Waals surface area contributed by atoms with Gasteiger partial charge in [-0.3, -0.25) is 4.98 Å². The van der Waals surface area contributed by atoms with Crippen LogP contribution in [-0.2, 0) is 4.74 Å². The van der Waals surface area contributed by atoms with Gasteiger partial charge in [0.1, 0.15) is 11.4 Å². The summed E-state index contributed by atoms with van der Waals surface area (Å²) in [4.78, 5) is 20.3. The third-order valence-electron chi connectivity index (χ3n) is 4.17. The Hall–Kier alpha value is -2.93. The Kier molecular flexibility index (Phi) is 7.05. The number of nitrogens with one attached hydrogen (secondary N) is 1. The van der Waals surface area contributed by atoms with Crippen LogP contribution in [0.15, 0.2) is 71.6 Å². The van der Waals surface area contributed by atoms with E-state index in [-0.39, 0.29) is 5.92 Å². The van der Waals surface area contributed by atoms with Gasteiger partial charge in [0.05, 0.1) is 6.20 Å². The van der Waals surface area contributed by atoms with Gasteiger partial charge >= 0.3 is 6.09 Å². The van der Waals surface area contributed by atoms with E-state index in [2.05, 4.69) is 31.2 Å². The number of hydrogen-bond acceptors (Lipinski definition) is 5. The highest BCUT2D eigenvalue weighted by molar-refractivity contribution is 9.10. The summed E-state index contributed by atoms with van der Waals surface area (Å²) in [5.41, 5.74) is 1.58. The zero-order valence-corrected chi connectivity index (χ0v) is 18.7. The van der Waals surface area contributed by atoms with Crippen LogP contribution < -0.4 is 10.1 Å². The largest absolute Gasteiger partial charge is 0.444 e. The minimum Gasteiger partial charge on any atom is -0.444 e. The molecule has 0 bridgehead atoms. The lowest BCUT2D eigenvalue weighted by molar-refractivity contribution is 0.0526. The molecule has 1 atom stereocenters. The Bertz CT molecular complexity index is 956. The van der Waals surface area contributed by atoms with Crippen molar-refractivity contribution in [1.82, 2.24) is 15.3 Å². The van der Waals surface area contributed by atoms with Crippen molar-refractivity contribution in [3.05, 3.63) is 82.7 Å². The van der Waals surface area contributed by atoms with E-state index in [1.165, 1.54) is 0 Å². The SMILES string of the molecule is CC(C)(C)OC(=O)NCC(c1ccc(Br)cc1)c1ccc(Oc2cnccn2)cc1. The smallest absolute Gasteiger partial charge is 0.407 e. The van der Waals surface area contributed by atoms with Crippen molar-refractivity contribution in [1.29, 1.82) is 0 Å². The molecule has 0 saturated carbocycles. The summed E-state index contributed by atoms with van der Waals surface area (Å²) >= 11 is 3.47. The first-order chi connectivity index (χ1) is 14.3. The summed E-state index contributed by atoms with van der Waals surface area (Å²) < 4.78 is 12.1. The lowest BCUT2D eigenvalue weighted by Crippen LogP contribution is -2.35. The maximum atomic E-state index is 12.2. The second-order valence-corrected chi connectivity index (χ2v) is 8.62. The van der Waals surface area contributed by atoms with E-state index >= 15 is 0 Å². The van der Waals surface area contributed by atoms with E-state index in [9.17, 15) is 4.79 Å². The summed E-state index contributed by atoms with van der Waals surface area (Å²) in [5, 5.41) is 2.88. The molecular formula is C23H24BrN3O3. The van der Waals surface area contributed by atoms with E-state index in [4.69, 9.17) is 9.47 Å². The number of rotatable bonds is 6. The zero-order chi connectivity index (χ0) is 21.6. The first-order valence-electron chi connectivity index (χ1n) is 9.56. The van der Waals surface area contributed by atoms with Crippen molar-refractivity contribution in [2.24, 2.45) is 0 Å². The van der Waals surface area contributed by atoms with Gasteiger partial charge in [-0.25, -0.2) is 9.78 Å². The monoisotopic (exact) mass is 469 g/mol. The van der Waals surface area contributed by atoms with Crippen LogP contribution in [0.4, 0.5) is 4.79 Å². The first-order valence-corrected chi connectivity index (χ1v) is 10.4. The number of carbonyl (C=O) groups is 1. The van der Waals surface area contributed by atoms with E-state index in [1.54, 1.807) is 18.6 Å². The standard InChI is InChI=1S/C23H24BrN3O3/c1-23(2,3)30-22(28)27-14-20(16-4-8-18(24)9-5-16)17-6-10-19(11-7-17)29-21-15-25-12-13-26-21/h4-13,15,20H,14H2,1-3H3,(H,27,28). The molecular weight excluding hydrogens is 446 g/mol. The molecule has 0 aliphatic carbocycles.